The fraction of sp³-hybridized carbons (Fsp3) is 0.316. The van der Waals surface area contributed by atoms with Crippen molar-refractivity contribution in [2.45, 2.75) is 12.8 Å². The number of para-hydroxylation sites is 1. The van der Waals surface area contributed by atoms with Crippen molar-refractivity contribution in [1.82, 2.24) is 9.80 Å². The van der Waals surface area contributed by atoms with Crippen LogP contribution in [0.4, 0.5) is 0 Å². The summed E-state index contributed by atoms with van der Waals surface area (Å²) in [7, 11) is 0. The molecule has 2 saturated heterocycles. The molecule has 1 aromatic rings. The highest BCUT2D eigenvalue weighted by molar-refractivity contribution is 8.26. The lowest BCUT2D eigenvalue weighted by atomic mass is 10.2. The lowest BCUT2D eigenvalue weighted by Crippen LogP contribution is -2.32. The third kappa shape index (κ3) is 4.16. The fourth-order valence-electron chi connectivity index (χ4n) is 2.86. The molecule has 5 nitrogen and oxygen atoms in total. The molecule has 0 saturated carbocycles. The lowest BCUT2D eigenvalue weighted by Gasteiger charge is -2.16. The zero-order chi connectivity index (χ0) is 18.5. The molecule has 0 aliphatic carbocycles. The van der Waals surface area contributed by atoms with Gasteiger partial charge in [-0.15, -0.1) is 6.58 Å². The Morgan fingerprint density at radius 3 is 2.77 bits per heavy atom. The molecule has 26 heavy (non-hydrogen) atoms. The van der Waals surface area contributed by atoms with E-state index < -0.39 is 0 Å². The molecule has 0 aromatic heterocycles. The SMILES string of the molecule is C=CCN1C(=O)/C(=C\c2ccccc2OCC(=O)N2CCCC2)SC1=S. The standard InChI is InChI=1S/C19H20N2O3S2/c1-2-9-21-18(23)16(26-19(21)25)12-14-7-3-4-8-15(14)24-13-17(22)20-10-5-6-11-20/h2-4,7-8,12H,1,5-6,9-11,13H2/b16-12+. The average molecular weight is 389 g/mol. The average Bonchev–Trinajstić information content (AvgIpc) is 3.26. The van der Waals surface area contributed by atoms with E-state index in [-0.39, 0.29) is 18.4 Å². The molecular formula is C19H20N2O3S2. The first-order valence-electron chi connectivity index (χ1n) is 8.46. The van der Waals surface area contributed by atoms with Crippen molar-refractivity contribution < 1.29 is 14.3 Å². The van der Waals surface area contributed by atoms with Crippen molar-refractivity contribution in [3.63, 3.8) is 0 Å². The van der Waals surface area contributed by atoms with Crippen molar-refractivity contribution in [3.05, 3.63) is 47.4 Å². The zero-order valence-electron chi connectivity index (χ0n) is 14.3. The topological polar surface area (TPSA) is 49.9 Å². The Morgan fingerprint density at radius 1 is 1.31 bits per heavy atom. The Morgan fingerprint density at radius 2 is 2.04 bits per heavy atom. The first kappa shape index (κ1) is 18.7. The number of carbonyl (C=O) groups excluding carboxylic acids is 2. The highest BCUT2D eigenvalue weighted by atomic mass is 32.2. The summed E-state index contributed by atoms with van der Waals surface area (Å²) in [6.07, 6.45) is 5.51. The molecule has 2 aliphatic rings. The number of nitrogens with zero attached hydrogens (tertiary/aromatic N) is 2. The van der Waals surface area contributed by atoms with Crippen LogP contribution in [0.15, 0.2) is 41.8 Å². The lowest BCUT2D eigenvalue weighted by molar-refractivity contribution is -0.132. The Kier molecular flexibility index (Phi) is 6.11. The normalized spacial score (nSPS) is 18.7. The third-order valence-corrected chi connectivity index (χ3v) is 5.58. The minimum atomic E-state index is -0.136. The smallest absolute Gasteiger partial charge is 0.266 e. The van der Waals surface area contributed by atoms with E-state index in [0.717, 1.165) is 31.5 Å². The van der Waals surface area contributed by atoms with Crippen LogP contribution in [-0.4, -0.2) is 52.2 Å². The molecule has 0 N–H and O–H groups in total. The van der Waals surface area contributed by atoms with Crippen LogP contribution in [0.2, 0.25) is 0 Å². The van der Waals surface area contributed by atoms with Crippen molar-refractivity contribution >= 4 is 46.2 Å². The van der Waals surface area contributed by atoms with Gasteiger partial charge in [0.15, 0.2) is 6.61 Å². The number of likely N-dealkylation sites (tertiary alicyclic amines) is 1. The second-order valence-corrected chi connectivity index (χ2v) is 7.67. The largest absolute Gasteiger partial charge is 0.483 e. The maximum absolute atomic E-state index is 12.5. The molecule has 3 rings (SSSR count). The quantitative estimate of drug-likeness (QED) is 0.426. The number of benzene rings is 1. The Labute approximate surface area is 162 Å². The summed E-state index contributed by atoms with van der Waals surface area (Å²) in [5.74, 6) is 0.437. The summed E-state index contributed by atoms with van der Waals surface area (Å²) in [4.78, 5) is 28.5. The number of carbonyl (C=O) groups is 2. The van der Waals surface area contributed by atoms with Crippen LogP contribution in [0, 0.1) is 0 Å². The van der Waals surface area contributed by atoms with Crippen LogP contribution in [0.5, 0.6) is 5.75 Å². The van der Waals surface area contributed by atoms with E-state index in [9.17, 15) is 9.59 Å². The molecule has 0 spiro atoms. The summed E-state index contributed by atoms with van der Waals surface area (Å²) >= 11 is 6.51. The van der Waals surface area contributed by atoms with Gasteiger partial charge < -0.3 is 9.64 Å². The summed E-state index contributed by atoms with van der Waals surface area (Å²) in [5.41, 5.74) is 0.751. The van der Waals surface area contributed by atoms with Gasteiger partial charge in [0, 0.05) is 25.2 Å². The van der Waals surface area contributed by atoms with Gasteiger partial charge >= 0.3 is 0 Å². The van der Waals surface area contributed by atoms with Gasteiger partial charge in [-0.3, -0.25) is 14.5 Å². The van der Waals surface area contributed by atoms with Gasteiger partial charge in [-0.1, -0.05) is 48.3 Å². The molecule has 2 fully saturated rings. The van der Waals surface area contributed by atoms with E-state index in [0.29, 0.717) is 21.5 Å². The van der Waals surface area contributed by atoms with Crippen molar-refractivity contribution in [1.29, 1.82) is 0 Å². The van der Waals surface area contributed by atoms with Crippen LogP contribution in [0.25, 0.3) is 6.08 Å². The van der Waals surface area contributed by atoms with E-state index in [1.807, 2.05) is 23.1 Å². The Hall–Kier alpha value is -2.12. The molecule has 7 heteroatoms. The second kappa shape index (κ2) is 8.51. The first-order valence-corrected chi connectivity index (χ1v) is 9.68. The molecule has 2 heterocycles. The Balaban J connectivity index is 1.73. The molecule has 1 aromatic carbocycles. The van der Waals surface area contributed by atoms with Gasteiger partial charge in [0.05, 0.1) is 4.91 Å². The summed E-state index contributed by atoms with van der Waals surface area (Å²) in [6, 6.07) is 7.37. The molecule has 2 amide bonds. The number of hydrogen-bond acceptors (Lipinski definition) is 5. The van der Waals surface area contributed by atoms with Gasteiger partial charge in [0.25, 0.3) is 11.8 Å². The van der Waals surface area contributed by atoms with Crippen LogP contribution in [-0.2, 0) is 9.59 Å². The highest BCUT2D eigenvalue weighted by Gasteiger charge is 2.31. The van der Waals surface area contributed by atoms with E-state index in [2.05, 4.69) is 6.58 Å². The van der Waals surface area contributed by atoms with Gasteiger partial charge in [-0.05, 0) is 25.0 Å². The van der Waals surface area contributed by atoms with Crippen molar-refractivity contribution in [2.24, 2.45) is 0 Å². The fourth-order valence-corrected chi connectivity index (χ4v) is 4.12. The monoisotopic (exact) mass is 388 g/mol. The summed E-state index contributed by atoms with van der Waals surface area (Å²) in [5, 5.41) is 0. The van der Waals surface area contributed by atoms with E-state index in [1.54, 1.807) is 18.2 Å². The summed E-state index contributed by atoms with van der Waals surface area (Å²) in [6.45, 7) is 5.65. The maximum atomic E-state index is 12.5. The summed E-state index contributed by atoms with van der Waals surface area (Å²) < 4.78 is 6.26. The van der Waals surface area contributed by atoms with Crippen molar-refractivity contribution in [3.8, 4) is 5.75 Å². The molecule has 0 radical (unpaired) electrons. The minimum absolute atomic E-state index is 0.00226. The van der Waals surface area contributed by atoms with Crippen LogP contribution >= 0.6 is 24.0 Å². The van der Waals surface area contributed by atoms with Crippen LogP contribution in [0.3, 0.4) is 0 Å². The van der Waals surface area contributed by atoms with Crippen molar-refractivity contribution in [2.75, 3.05) is 26.2 Å². The van der Waals surface area contributed by atoms with E-state index in [4.69, 9.17) is 17.0 Å². The predicted octanol–water partition coefficient (Wildman–Crippen LogP) is 3.08. The zero-order valence-corrected chi connectivity index (χ0v) is 16.0. The van der Waals surface area contributed by atoms with E-state index in [1.165, 1.54) is 16.7 Å². The Bertz CT molecular complexity index is 770. The molecule has 136 valence electrons. The minimum Gasteiger partial charge on any atom is -0.483 e. The van der Waals surface area contributed by atoms with Gasteiger partial charge in [-0.2, -0.15) is 0 Å². The second-order valence-electron chi connectivity index (χ2n) is 6.00. The van der Waals surface area contributed by atoms with Gasteiger partial charge in [-0.25, -0.2) is 0 Å². The van der Waals surface area contributed by atoms with Gasteiger partial charge in [0.1, 0.15) is 10.1 Å². The number of rotatable bonds is 6. The number of thiocarbonyl (C=S) groups is 1. The predicted molar refractivity (Wildman–Crippen MR) is 108 cm³/mol. The van der Waals surface area contributed by atoms with Crippen LogP contribution in [0.1, 0.15) is 18.4 Å². The third-order valence-electron chi connectivity index (χ3n) is 4.20. The molecule has 0 atom stereocenters. The van der Waals surface area contributed by atoms with Crippen LogP contribution < -0.4 is 4.74 Å². The first-order chi connectivity index (χ1) is 12.6. The number of hydrogen-bond donors (Lipinski definition) is 0. The highest BCUT2D eigenvalue weighted by Crippen LogP contribution is 2.34. The molecule has 0 unspecified atom stereocenters. The maximum Gasteiger partial charge on any atom is 0.266 e. The molecule has 0 bridgehead atoms. The molecular weight excluding hydrogens is 368 g/mol. The van der Waals surface area contributed by atoms with Gasteiger partial charge in [0.2, 0.25) is 0 Å². The number of amides is 2. The van der Waals surface area contributed by atoms with E-state index >= 15 is 0 Å². The molecule has 2 aliphatic heterocycles. The number of ether oxygens (including phenoxy) is 1. The number of thioether (sulfide) groups is 1.